The normalized spacial score (nSPS) is 12.4. The number of methoxy groups -OCH3 is 1. The van der Waals surface area contributed by atoms with Gasteiger partial charge in [0, 0.05) is 6.42 Å². The van der Waals surface area contributed by atoms with Crippen LogP contribution in [0.5, 0.6) is 5.75 Å². The second-order valence-electron chi connectivity index (χ2n) is 3.81. The Bertz CT molecular complexity index is 544. The number of nitrogens with zero attached hydrogens (tertiary/aromatic N) is 4. The van der Waals surface area contributed by atoms with Crippen molar-refractivity contribution in [2.75, 3.05) is 7.11 Å². The molecule has 1 aromatic heterocycles. The Morgan fingerprint density at radius 2 is 2.28 bits per heavy atom. The third-order valence-electron chi connectivity index (χ3n) is 2.49. The van der Waals surface area contributed by atoms with Gasteiger partial charge in [-0.15, -0.1) is 10.2 Å². The molecule has 1 N–H and O–H groups in total. The largest absolute Gasteiger partial charge is 0.496 e. The molecule has 0 saturated heterocycles. The lowest BCUT2D eigenvalue weighted by Crippen LogP contribution is -2.04. The van der Waals surface area contributed by atoms with Crippen LogP contribution in [0.1, 0.15) is 17.5 Å². The first kappa shape index (κ1) is 13.0. The summed E-state index contributed by atoms with van der Waals surface area (Å²) in [6.45, 7) is 0. The number of ether oxygens (including phenoxy) is 1. The van der Waals surface area contributed by atoms with Crippen LogP contribution in [-0.2, 0) is 13.5 Å². The van der Waals surface area contributed by atoms with E-state index in [9.17, 15) is 5.11 Å². The average Bonchev–Trinajstić information content (AvgIpc) is 2.74. The van der Waals surface area contributed by atoms with E-state index in [1.165, 1.54) is 4.80 Å². The van der Waals surface area contributed by atoms with E-state index >= 15 is 0 Å². The molecule has 0 aliphatic carbocycles. The number of rotatable bonds is 4. The van der Waals surface area contributed by atoms with E-state index in [-0.39, 0.29) is 0 Å². The molecule has 0 aliphatic heterocycles. The van der Waals surface area contributed by atoms with Crippen LogP contribution in [0, 0.1) is 0 Å². The minimum absolute atomic E-state index is 0.326. The first-order valence-corrected chi connectivity index (χ1v) is 6.14. The highest BCUT2D eigenvalue weighted by Crippen LogP contribution is 2.28. The topological polar surface area (TPSA) is 73.1 Å². The van der Waals surface area contributed by atoms with Gasteiger partial charge in [-0.1, -0.05) is 6.07 Å². The number of aliphatic hydroxyl groups is 1. The van der Waals surface area contributed by atoms with Crippen LogP contribution in [0.2, 0.25) is 0 Å². The van der Waals surface area contributed by atoms with Gasteiger partial charge in [0.05, 0.1) is 24.7 Å². The van der Waals surface area contributed by atoms with Crippen LogP contribution in [0.25, 0.3) is 0 Å². The Hall–Kier alpha value is -1.47. The summed E-state index contributed by atoms with van der Waals surface area (Å²) in [6, 6.07) is 5.43. The molecular formula is C11H13BrN4O2. The molecule has 2 aromatic rings. The van der Waals surface area contributed by atoms with E-state index in [0.29, 0.717) is 12.2 Å². The van der Waals surface area contributed by atoms with E-state index < -0.39 is 6.10 Å². The number of aliphatic hydroxyl groups excluding tert-OH is 1. The lowest BCUT2D eigenvalue weighted by molar-refractivity contribution is 0.175. The van der Waals surface area contributed by atoms with Crippen LogP contribution in [0.15, 0.2) is 22.7 Å². The Morgan fingerprint density at radius 1 is 1.50 bits per heavy atom. The number of tetrazole rings is 1. The van der Waals surface area contributed by atoms with Gasteiger partial charge in [-0.3, -0.25) is 0 Å². The van der Waals surface area contributed by atoms with Gasteiger partial charge in [-0.05, 0) is 38.8 Å². The van der Waals surface area contributed by atoms with Gasteiger partial charge in [0.25, 0.3) is 0 Å². The van der Waals surface area contributed by atoms with Crippen LogP contribution in [0.3, 0.4) is 0 Å². The van der Waals surface area contributed by atoms with Gasteiger partial charge in [0.2, 0.25) is 0 Å². The Balaban J connectivity index is 2.13. The number of aryl methyl sites for hydroxylation is 1. The molecule has 96 valence electrons. The van der Waals surface area contributed by atoms with Crippen LogP contribution in [0.4, 0.5) is 0 Å². The Kier molecular flexibility index (Phi) is 3.93. The number of hydrogen-bond donors (Lipinski definition) is 1. The average molecular weight is 313 g/mol. The van der Waals surface area contributed by atoms with Gasteiger partial charge < -0.3 is 9.84 Å². The molecule has 0 aliphatic rings. The number of benzene rings is 1. The zero-order chi connectivity index (χ0) is 13.1. The quantitative estimate of drug-likeness (QED) is 0.920. The van der Waals surface area contributed by atoms with E-state index in [4.69, 9.17) is 4.74 Å². The maximum atomic E-state index is 10.1. The van der Waals surface area contributed by atoms with Crippen molar-refractivity contribution in [3.63, 3.8) is 0 Å². The summed E-state index contributed by atoms with van der Waals surface area (Å²) in [5.74, 6) is 1.24. The standard InChI is InChI=1S/C11H13BrN4O2/c1-16-14-11(13-15-16)6-9(17)7-3-4-10(18-2)8(12)5-7/h3-5,9,17H,6H2,1-2H3. The second kappa shape index (κ2) is 5.45. The summed E-state index contributed by atoms with van der Waals surface area (Å²) >= 11 is 3.38. The predicted octanol–water partition coefficient (Wildman–Crippen LogP) is 1.26. The lowest BCUT2D eigenvalue weighted by atomic mass is 10.1. The molecule has 18 heavy (non-hydrogen) atoms. The highest BCUT2D eigenvalue weighted by Gasteiger charge is 2.13. The minimum atomic E-state index is -0.670. The number of hydrogen-bond acceptors (Lipinski definition) is 5. The van der Waals surface area contributed by atoms with E-state index in [1.807, 2.05) is 12.1 Å². The molecule has 1 heterocycles. The molecule has 0 bridgehead atoms. The molecule has 1 unspecified atom stereocenters. The summed E-state index contributed by atoms with van der Waals surface area (Å²) in [6.07, 6.45) is -0.344. The fourth-order valence-electron chi connectivity index (χ4n) is 1.59. The van der Waals surface area contributed by atoms with Gasteiger partial charge >= 0.3 is 0 Å². The fraction of sp³-hybridized carbons (Fsp3) is 0.364. The first-order valence-electron chi connectivity index (χ1n) is 5.34. The monoisotopic (exact) mass is 312 g/mol. The van der Waals surface area contributed by atoms with Crippen molar-refractivity contribution in [3.05, 3.63) is 34.1 Å². The molecule has 0 fully saturated rings. The third kappa shape index (κ3) is 2.85. The Labute approximate surface area is 113 Å². The van der Waals surface area contributed by atoms with Crippen molar-refractivity contribution < 1.29 is 9.84 Å². The molecule has 0 saturated carbocycles. The number of aromatic nitrogens is 4. The Morgan fingerprint density at radius 3 is 2.83 bits per heavy atom. The van der Waals surface area contributed by atoms with Crippen molar-refractivity contribution >= 4 is 15.9 Å². The summed E-state index contributed by atoms with van der Waals surface area (Å²) < 4.78 is 5.93. The van der Waals surface area contributed by atoms with Gasteiger partial charge in [0.1, 0.15) is 5.75 Å². The molecule has 0 radical (unpaired) electrons. The van der Waals surface area contributed by atoms with E-state index in [2.05, 4.69) is 31.3 Å². The molecule has 1 atom stereocenters. The maximum absolute atomic E-state index is 10.1. The highest BCUT2D eigenvalue weighted by molar-refractivity contribution is 9.10. The molecule has 0 amide bonds. The molecule has 2 rings (SSSR count). The van der Waals surface area contributed by atoms with E-state index in [1.54, 1.807) is 20.2 Å². The van der Waals surface area contributed by atoms with E-state index in [0.717, 1.165) is 15.8 Å². The molecular weight excluding hydrogens is 300 g/mol. The molecule has 1 aromatic carbocycles. The van der Waals surface area contributed by atoms with Gasteiger partial charge in [-0.2, -0.15) is 4.80 Å². The minimum Gasteiger partial charge on any atom is -0.496 e. The molecule has 6 nitrogen and oxygen atoms in total. The van der Waals surface area contributed by atoms with Crippen molar-refractivity contribution in [1.29, 1.82) is 0 Å². The van der Waals surface area contributed by atoms with Crippen LogP contribution < -0.4 is 4.74 Å². The van der Waals surface area contributed by atoms with Crippen molar-refractivity contribution in [2.24, 2.45) is 7.05 Å². The smallest absolute Gasteiger partial charge is 0.177 e. The van der Waals surface area contributed by atoms with Crippen LogP contribution >= 0.6 is 15.9 Å². The third-order valence-corrected chi connectivity index (χ3v) is 3.11. The maximum Gasteiger partial charge on any atom is 0.177 e. The summed E-state index contributed by atoms with van der Waals surface area (Å²) in [5.41, 5.74) is 0.773. The second-order valence-corrected chi connectivity index (χ2v) is 4.66. The molecule has 7 heteroatoms. The first-order chi connectivity index (χ1) is 8.60. The lowest BCUT2D eigenvalue weighted by Gasteiger charge is -2.10. The van der Waals surface area contributed by atoms with Crippen LogP contribution in [-0.4, -0.2) is 32.4 Å². The van der Waals surface area contributed by atoms with Gasteiger partial charge in [0.15, 0.2) is 5.82 Å². The van der Waals surface area contributed by atoms with Crippen molar-refractivity contribution in [2.45, 2.75) is 12.5 Å². The molecule has 0 spiro atoms. The SMILES string of the molecule is COc1ccc(C(O)Cc2nnn(C)n2)cc1Br. The summed E-state index contributed by atoms with van der Waals surface area (Å²) in [7, 11) is 3.28. The zero-order valence-corrected chi connectivity index (χ0v) is 11.6. The van der Waals surface area contributed by atoms with Crippen molar-refractivity contribution in [1.82, 2.24) is 20.2 Å². The summed E-state index contributed by atoms with van der Waals surface area (Å²) in [5, 5.41) is 21.7. The number of halogens is 1. The fourth-order valence-corrected chi connectivity index (χ4v) is 2.14. The highest BCUT2D eigenvalue weighted by atomic mass is 79.9. The van der Waals surface area contributed by atoms with Gasteiger partial charge in [-0.25, -0.2) is 0 Å². The van der Waals surface area contributed by atoms with Crippen molar-refractivity contribution in [3.8, 4) is 5.75 Å². The summed E-state index contributed by atoms with van der Waals surface area (Å²) in [4.78, 5) is 1.37. The zero-order valence-electron chi connectivity index (χ0n) is 10.0. The predicted molar refractivity (Wildman–Crippen MR) is 68.2 cm³/mol.